The summed E-state index contributed by atoms with van der Waals surface area (Å²) in [6.07, 6.45) is 2.25. The molecule has 3 saturated heterocycles. The van der Waals surface area contributed by atoms with Gasteiger partial charge in [-0.2, -0.15) is 0 Å². The molecule has 3 heterocycles. The Labute approximate surface area is 165 Å². The van der Waals surface area contributed by atoms with Crippen molar-refractivity contribution in [1.29, 1.82) is 0 Å². The fourth-order valence-electron chi connectivity index (χ4n) is 5.47. The Bertz CT molecular complexity index is 538. The first-order valence-corrected chi connectivity index (χ1v) is 12.3. The van der Waals surface area contributed by atoms with E-state index in [1.165, 1.54) is 0 Å². The number of carbonyl (C=O) groups is 1. The van der Waals surface area contributed by atoms with E-state index in [4.69, 9.17) is 18.3 Å². The van der Waals surface area contributed by atoms with Crippen molar-refractivity contribution < 1.29 is 23.1 Å². The Hall–Kier alpha value is -0.273. The summed E-state index contributed by atoms with van der Waals surface area (Å²) in [5.74, 6) is 0.653. The van der Waals surface area contributed by atoms with Crippen molar-refractivity contribution in [3.8, 4) is 0 Å². The second-order valence-corrected chi connectivity index (χ2v) is 15.5. The molecule has 0 aromatic rings. The summed E-state index contributed by atoms with van der Waals surface area (Å²) in [7, 11) is -2.51. The smallest absolute Gasteiger partial charge is 0.349 e. The summed E-state index contributed by atoms with van der Waals surface area (Å²) in [4.78, 5) is 11.1. The van der Waals surface area contributed by atoms with Gasteiger partial charge in [0.05, 0.1) is 31.0 Å². The third-order valence-electron chi connectivity index (χ3n) is 6.93. The third kappa shape index (κ3) is 3.57. The highest BCUT2D eigenvalue weighted by Crippen LogP contribution is 2.55. The number of carbonyl (C=O) groups excluding carboxylic acids is 1. The summed E-state index contributed by atoms with van der Waals surface area (Å²) in [6, 6.07) is 0. The molecule has 7 atom stereocenters. The molecule has 0 radical (unpaired) electrons. The average molecular weight is 399 g/mol. The van der Waals surface area contributed by atoms with Crippen LogP contribution in [-0.4, -0.2) is 52.0 Å². The van der Waals surface area contributed by atoms with E-state index in [9.17, 15) is 4.79 Å². The molecule has 0 aliphatic carbocycles. The predicted molar refractivity (Wildman–Crippen MR) is 107 cm³/mol. The molecule has 0 N–H and O–H groups in total. The maximum atomic E-state index is 11.1. The summed E-state index contributed by atoms with van der Waals surface area (Å²) < 4.78 is 26.2. The molecule has 156 valence electrons. The van der Waals surface area contributed by atoms with Gasteiger partial charge in [0.25, 0.3) is 0 Å². The largest absolute Gasteiger partial charge is 0.391 e. The lowest BCUT2D eigenvalue weighted by molar-refractivity contribution is -0.263. The van der Waals surface area contributed by atoms with E-state index in [0.717, 1.165) is 12.7 Å². The van der Waals surface area contributed by atoms with E-state index in [-0.39, 0.29) is 40.6 Å². The molecule has 0 aromatic heterocycles. The molecule has 0 unspecified atom stereocenters. The van der Waals surface area contributed by atoms with Crippen LogP contribution in [0.25, 0.3) is 0 Å². The van der Waals surface area contributed by atoms with Gasteiger partial charge in [-0.1, -0.05) is 55.4 Å². The highest BCUT2D eigenvalue weighted by molar-refractivity contribution is 6.73. The normalized spacial score (nSPS) is 42.1. The predicted octanol–water partition coefficient (Wildman–Crippen LogP) is 4.23. The lowest BCUT2D eigenvalue weighted by atomic mass is 9.77. The Morgan fingerprint density at radius 1 is 0.926 bits per heavy atom. The molecule has 3 fully saturated rings. The summed E-state index contributed by atoms with van der Waals surface area (Å²) in [6.45, 7) is 18.4. The van der Waals surface area contributed by atoms with Crippen LogP contribution in [0.2, 0.25) is 10.1 Å². The molecule has 5 nitrogen and oxygen atoms in total. The van der Waals surface area contributed by atoms with Crippen LogP contribution in [0.4, 0.5) is 0 Å². The van der Waals surface area contributed by atoms with Crippen molar-refractivity contribution >= 4 is 14.8 Å². The van der Waals surface area contributed by atoms with Crippen molar-refractivity contribution in [2.75, 3.05) is 6.61 Å². The van der Waals surface area contributed by atoms with E-state index in [1.807, 2.05) is 0 Å². The molecule has 27 heavy (non-hydrogen) atoms. The molecule has 3 rings (SSSR count). The van der Waals surface area contributed by atoms with Crippen molar-refractivity contribution in [1.82, 2.24) is 0 Å². The van der Waals surface area contributed by atoms with Gasteiger partial charge in [0.2, 0.25) is 0 Å². The minimum Gasteiger partial charge on any atom is -0.391 e. The van der Waals surface area contributed by atoms with Crippen LogP contribution < -0.4 is 0 Å². The van der Waals surface area contributed by atoms with Gasteiger partial charge >= 0.3 is 8.56 Å². The van der Waals surface area contributed by atoms with Gasteiger partial charge in [0.15, 0.2) is 0 Å². The third-order valence-corrected chi connectivity index (χ3v) is 12.1. The summed E-state index contributed by atoms with van der Waals surface area (Å²) in [5, 5.41) is -0.0787. The lowest BCUT2D eigenvalue weighted by Gasteiger charge is -2.58. The topological polar surface area (TPSA) is 54.0 Å². The second kappa shape index (κ2) is 7.20. The van der Waals surface area contributed by atoms with Gasteiger partial charge in [0, 0.05) is 22.9 Å². The molecule has 0 aromatic carbocycles. The van der Waals surface area contributed by atoms with Gasteiger partial charge in [0.1, 0.15) is 12.4 Å². The van der Waals surface area contributed by atoms with Crippen molar-refractivity contribution in [2.45, 2.75) is 109 Å². The standard InChI is InChI=1S/C21H38O5Si/c1-13-14(2)19-17(24-15(13)9-10-22)11-16-18(25-19)12-23-27(26-16,20(3,4)5)21(6,7)8/h10,13-19H,9,11-12H2,1-8H3/t13-,14-,15+,16-,17+,18-,19+/m1/s1. The molecule has 3 aliphatic rings. The SMILES string of the molecule is C[C@@H]1[C@@H](C)[C@H](CC=O)O[C@H]2C[C@H]3O[Si](C(C)(C)C)(C(C)(C)C)OC[C@H]3O[C@@H]12. The van der Waals surface area contributed by atoms with Gasteiger partial charge in [-0.15, -0.1) is 0 Å². The summed E-state index contributed by atoms with van der Waals surface area (Å²) in [5.41, 5.74) is 0. The lowest BCUT2D eigenvalue weighted by Crippen LogP contribution is -2.68. The zero-order valence-electron chi connectivity index (χ0n) is 18.3. The van der Waals surface area contributed by atoms with E-state index < -0.39 is 8.56 Å². The zero-order chi connectivity index (χ0) is 20.2. The maximum absolute atomic E-state index is 11.1. The van der Waals surface area contributed by atoms with Crippen LogP contribution in [0.3, 0.4) is 0 Å². The number of fused-ring (bicyclic) bond motifs is 2. The Kier molecular flexibility index (Phi) is 5.72. The number of hydrogen-bond donors (Lipinski definition) is 0. The number of aldehydes is 1. The highest BCUT2D eigenvalue weighted by Gasteiger charge is 2.63. The van der Waals surface area contributed by atoms with Gasteiger partial charge in [-0.05, 0) is 11.8 Å². The number of hydrogen-bond acceptors (Lipinski definition) is 5. The van der Waals surface area contributed by atoms with Crippen LogP contribution in [-0.2, 0) is 23.1 Å². The molecule has 0 bridgehead atoms. The van der Waals surface area contributed by atoms with Gasteiger partial charge in [-0.25, -0.2) is 0 Å². The van der Waals surface area contributed by atoms with E-state index in [2.05, 4.69) is 55.4 Å². The first-order chi connectivity index (χ1) is 12.4. The molecular weight excluding hydrogens is 360 g/mol. The fourth-order valence-corrected chi connectivity index (χ4v) is 10.4. The Morgan fingerprint density at radius 2 is 1.56 bits per heavy atom. The second-order valence-electron chi connectivity index (χ2n) is 10.8. The van der Waals surface area contributed by atoms with Crippen LogP contribution in [0.5, 0.6) is 0 Å². The van der Waals surface area contributed by atoms with E-state index in [1.54, 1.807) is 0 Å². The van der Waals surface area contributed by atoms with Gasteiger partial charge in [-0.3, -0.25) is 0 Å². The highest BCUT2D eigenvalue weighted by atomic mass is 28.4. The average Bonchev–Trinajstić information content (AvgIpc) is 2.56. The number of ether oxygens (including phenoxy) is 2. The molecule has 6 heteroatoms. The quantitative estimate of drug-likeness (QED) is 0.515. The first-order valence-electron chi connectivity index (χ1n) is 10.5. The summed E-state index contributed by atoms with van der Waals surface area (Å²) >= 11 is 0. The first kappa shape index (κ1) is 21.4. The monoisotopic (exact) mass is 398 g/mol. The minimum absolute atomic E-state index is 0.00241. The van der Waals surface area contributed by atoms with Crippen LogP contribution >= 0.6 is 0 Å². The molecule has 0 amide bonds. The number of rotatable bonds is 2. The van der Waals surface area contributed by atoms with E-state index in [0.29, 0.717) is 24.9 Å². The zero-order valence-corrected chi connectivity index (χ0v) is 19.3. The van der Waals surface area contributed by atoms with Crippen LogP contribution in [0.15, 0.2) is 0 Å². The van der Waals surface area contributed by atoms with Gasteiger partial charge < -0.3 is 23.1 Å². The van der Waals surface area contributed by atoms with Crippen LogP contribution in [0.1, 0.15) is 68.2 Å². The Balaban J connectivity index is 1.82. The minimum atomic E-state index is -2.51. The molecule has 0 spiro atoms. The Morgan fingerprint density at radius 3 is 2.11 bits per heavy atom. The van der Waals surface area contributed by atoms with E-state index >= 15 is 0 Å². The van der Waals surface area contributed by atoms with Crippen molar-refractivity contribution in [3.05, 3.63) is 0 Å². The maximum Gasteiger partial charge on any atom is 0.349 e. The van der Waals surface area contributed by atoms with Crippen molar-refractivity contribution in [3.63, 3.8) is 0 Å². The fraction of sp³-hybridized carbons (Fsp3) is 0.952. The van der Waals surface area contributed by atoms with Crippen LogP contribution in [0, 0.1) is 11.8 Å². The molecule has 0 saturated carbocycles. The van der Waals surface area contributed by atoms with Crippen molar-refractivity contribution in [2.24, 2.45) is 11.8 Å². The molecular formula is C21H38O5Si. The molecule has 3 aliphatic heterocycles.